The van der Waals surface area contributed by atoms with E-state index in [1.165, 1.54) is 18.2 Å². The van der Waals surface area contributed by atoms with Gasteiger partial charge in [-0.2, -0.15) is 13.2 Å². The lowest BCUT2D eigenvalue weighted by atomic mass is 10.1. The van der Waals surface area contributed by atoms with Crippen molar-refractivity contribution < 1.29 is 22.0 Å². The Kier molecular flexibility index (Phi) is 4.16. The minimum Gasteiger partial charge on any atom is -0.376 e. The quantitative estimate of drug-likeness (QED) is 0.772. The second kappa shape index (κ2) is 5.71. The number of anilines is 1. The Morgan fingerprint density at radius 1 is 1.00 bits per heavy atom. The van der Waals surface area contributed by atoms with Gasteiger partial charge in [0.05, 0.1) is 11.3 Å². The first-order chi connectivity index (χ1) is 9.77. The second-order valence-electron chi connectivity index (χ2n) is 4.61. The van der Waals surface area contributed by atoms with Gasteiger partial charge in [-0.05, 0) is 42.8 Å². The number of halogens is 5. The molecule has 0 aliphatic rings. The van der Waals surface area contributed by atoms with E-state index in [1.807, 2.05) is 0 Å². The summed E-state index contributed by atoms with van der Waals surface area (Å²) in [6.45, 7) is 1.66. The van der Waals surface area contributed by atoms with E-state index in [0.29, 0.717) is 11.6 Å². The molecule has 1 atom stereocenters. The predicted molar refractivity (Wildman–Crippen MR) is 69.8 cm³/mol. The summed E-state index contributed by atoms with van der Waals surface area (Å²) in [4.78, 5) is 0. The fraction of sp³-hybridized carbons (Fsp3) is 0.200. The van der Waals surface area contributed by atoms with E-state index in [4.69, 9.17) is 0 Å². The fourth-order valence-electron chi connectivity index (χ4n) is 1.90. The molecule has 0 fully saturated rings. The molecule has 0 bridgehead atoms. The van der Waals surface area contributed by atoms with Crippen molar-refractivity contribution in [3.05, 3.63) is 65.2 Å². The molecule has 0 aliphatic carbocycles. The lowest BCUT2D eigenvalue weighted by Gasteiger charge is -2.17. The molecular weight excluding hydrogens is 289 g/mol. The molecule has 1 unspecified atom stereocenters. The van der Waals surface area contributed by atoms with Crippen LogP contribution in [0.15, 0.2) is 42.5 Å². The van der Waals surface area contributed by atoms with Gasteiger partial charge in [-0.3, -0.25) is 0 Å². The van der Waals surface area contributed by atoms with Crippen LogP contribution in [0.4, 0.5) is 27.6 Å². The summed E-state index contributed by atoms with van der Waals surface area (Å²) in [5.74, 6) is -1.44. The SMILES string of the molecule is CC(Nc1ccc(C(F)(F)F)cc1F)c1cccc(F)c1. The molecule has 0 spiro atoms. The van der Waals surface area contributed by atoms with Crippen LogP contribution in [0, 0.1) is 11.6 Å². The first-order valence-corrected chi connectivity index (χ1v) is 6.16. The largest absolute Gasteiger partial charge is 0.416 e. The Bertz CT molecular complexity index is 636. The van der Waals surface area contributed by atoms with Gasteiger partial charge in [0.25, 0.3) is 0 Å². The number of benzene rings is 2. The van der Waals surface area contributed by atoms with Gasteiger partial charge < -0.3 is 5.32 Å². The van der Waals surface area contributed by atoms with Crippen LogP contribution >= 0.6 is 0 Å². The molecule has 2 aromatic rings. The second-order valence-corrected chi connectivity index (χ2v) is 4.61. The zero-order valence-electron chi connectivity index (χ0n) is 11.0. The molecule has 0 heterocycles. The van der Waals surface area contributed by atoms with E-state index >= 15 is 0 Å². The van der Waals surface area contributed by atoms with Crippen LogP contribution in [0.3, 0.4) is 0 Å². The van der Waals surface area contributed by atoms with Crippen molar-refractivity contribution in [3.63, 3.8) is 0 Å². The monoisotopic (exact) mass is 301 g/mol. The van der Waals surface area contributed by atoms with E-state index in [-0.39, 0.29) is 5.69 Å². The van der Waals surface area contributed by atoms with Crippen molar-refractivity contribution in [2.45, 2.75) is 19.1 Å². The molecule has 0 saturated carbocycles. The highest BCUT2D eigenvalue weighted by molar-refractivity contribution is 5.48. The smallest absolute Gasteiger partial charge is 0.376 e. The molecule has 1 nitrogen and oxygen atoms in total. The number of hydrogen-bond donors (Lipinski definition) is 1. The molecule has 0 saturated heterocycles. The van der Waals surface area contributed by atoms with Crippen molar-refractivity contribution in [1.29, 1.82) is 0 Å². The van der Waals surface area contributed by atoms with Gasteiger partial charge in [0.1, 0.15) is 11.6 Å². The minimum atomic E-state index is -4.59. The van der Waals surface area contributed by atoms with Gasteiger partial charge in [0.2, 0.25) is 0 Å². The molecule has 2 rings (SSSR count). The molecule has 0 aromatic heterocycles. The molecule has 1 N–H and O–H groups in total. The van der Waals surface area contributed by atoms with Crippen LogP contribution in [0.1, 0.15) is 24.1 Å². The minimum absolute atomic E-state index is 0.0697. The molecule has 0 aliphatic heterocycles. The van der Waals surface area contributed by atoms with Crippen LogP contribution in [-0.4, -0.2) is 0 Å². The topological polar surface area (TPSA) is 12.0 Å². The Morgan fingerprint density at radius 3 is 2.29 bits per heavy atom. The number of nitrogens with one attached hydrogen (secondary N) is 1. The summed E-state index contributed by atoms with van der Waals surface area (Å²) in [7, 11) is 0. The molecule has 112 valence electrons. The van der Waals surface area contributed by atoms with Crippen molar-refractivity contribution in [2.24, 2.45) is 0 Å². The third kappa shape index (κ3) is 3.71. The van der Waals surface area contributed by atoms with Crippen molar-refractivity contribution in [3.8, 4) is 0 Å². The maximum atomic E-state index is 13.7. The Morgan fingerprint density at radius 2 is 1.71 bits per heavy atom. The van der Waals surface area contributed by atoms with Gasteiger partial charge >= 0.3 is 6.18 Å². The zero-order valence-corrected chi connectivity index (χ0v) is 11.0. The first-order valence-electron chi connectivity index (χ1n) is 6.16. The molecule has 0 amide bonds. The summed E-state index contributed by atoms with van der Waals surface area (Å²) in [6, 6.07) is 7.49. The molecular formula is C15H12F5N. The van der Waals surface area contributed by atoms with E-state index in [2.05, 4.69) is 5.32 Å². The standard InChI is InChI=1S/C15H12F5N/c1-9(10-3-2-4-12(16)7-10)21-14-6-5-11(8-13(14)17)15(18,19)20/h2-9,21H,1H3. The van der Waals surface area contributed by atoms with E-state index < -0.39 is 29.4 Å². The van der Waals surface area contributed by atoms with Crippen LogP contribution in [0.2, 0.25) is 0 Å². The average Bonchev–Trinajstić information content (AvgIpc) is 2.39. The highest BCUT2D eigenvalue weighted by Gasteiger charge is 2.31. The van der Waals surface area contributed by atoms with E-state index in [1.54, 1.807) is 13.0 Å². The lowest BCUT2D eigenvalue weighted by molar-refractivity contribution is -0.137. The Balaban J connectivity index is 2.20. The highest BCUT2D eigenvalue weighted by atomic mass is 19.4. The summed E-state index contributed by atoms with van der Waals surface area (Å²) in [5, 5.41) is 2.72. The molecule has 2 aromatic carbocycles. The fourth-order valence-corrected chi connectivity index (χ4v) is 1.90. The van der Waals surface area contributed by atoms with Crippen molar-refractivity contribution >= 4 is 5.69 Å². The Hall–Kier alpha value is -2.11. The predicted octanol–water partition coefficient (Wildman–Crippen LogP) is 5.16. The zero-order chi connectivity index (χ0) is 15.6. The van der Waals surface area contributed by atoms with Crippen LogP contribution < -0.4 is 5.32 Å². The highest BCUT2D eigenvalue weighted by Crippen LogP contribution is 2.32. The maximum absolute atomic E-state index is 13.7. The van der Waals surface area contributed by atoms with Gasteiger partial charge in [0.15, 0.2) is 0 Å². The molecule has 0 radical (unpaired) electrons. The first kappa shape index (κ1) is 15.3. The van der Waals surface area contributed by atoms with Gasteiger partial charge in [-0.1, -0.05) is 12.1 Å². The lowest BCUT2D eigenvalue weighted by Crippen LogP contribution is -2.10. The molecule has 21 heavy (non-hydrogen) atoms. The van der Waals surface area contributed by atoms with Crippen molar-refractivity contribution in [2.75, 3.05) is 5.32 Å². The summed E-state index contributed by atoms with van der Waals surface area (Å²) in [5.41, 5.74) is -0.557. The number of alkyl halides is 3. The average molecular weight is 301 g/mol. The number of hydrogen-bond acceptors (Lipinski definition) is 1. The third-order valence-corrected chi connectivity index (χ3v) is 3.02. The normalized spacial score (nSPS) is 13.0. The maximum Gasteiger partial charge on any atom is 0.416 e. The van der Waals surface area contributed by atoms with E-state index in [0.717, 1.165) is 12.1 Å². The number of rotatable bonds is 3. The van der Waals surface area contributed by atoms with Gasteiger partial charge in [-0.15, -0.1) is 0 Å². The van der Waals surface area contributed by atoms with Crippen LogP contribution in [0.25, 0.3) is 0 Å². The van der Waals surface area contributed by atoms with Gasteiger partial charge in [0, 0.05) is 6.04 Å². The Labute approximate surface area is 118 Å². The summed E-state index contributed by atoms with van der Waals surface area (Å²) in [6.07, 6.45) is -4.59. The van der Waals surface area contributed by atoms with Crippen LogP contribution in [-0.2, 0) is 6.18 Å². The van der Waals surface area contributed by atoms with E-state index in [9.17, 15) is 22.0 Å². The third-order valence-electron chi connectivity index (χ3n) is 3.02. The summed E-state index contributed by atoms with van der Waals surface area (Å²) < 4.78 is 64.1. The van der Waals surface area contributed by atoms with Gasteiger partial charge in [-0.25, -0.2) is 8.78 Å². The van der Waals surface area contributed by atoms with Crippen LogP contribution in [0.5, 0.6) is 0 Å². The van der Waals surface area contributed by atoms with Crippen molar-refractivity contribution in [1.82, 2.24) is 0 Å². The summed E-state index contributed by atoms with van der Waals surface area (Å²) >= 11 is 0. The molecule has 6 heteroatoms.